The van der Waals surface area contributed by atoms with E-state index in [0.29, 0.717) is 0 Å². The second-order valence-electron chi connectivity index (χ2n) is 0.365. The Morgan fingerprint density at radius 2 is 2.00 bits per heavy atom. The van der Waals surface area contributed by atoms with Gasteiger partial charge in [-0.1, -0.05) is 19.1 Å². The fraction of sp³-hybridized carbons (Fsp3) is 0.667. The Morgan fingerprint density at radius 3 is 2.00 bits per heavy atom. The van der Waals surface area contributed by atoms with Crippen molar-refractivity contribution >= 4 is 6.34 Å². The Kier molecular flexibility index (Phi) is 26.4. The van der Waals surface area contributed by atoms with Crippen LogP contribution in [0.2, 0.25) is 0 Å². The van der Waals surface area contributed by atoms with E-state index in [1.165, 1.54) is 0 Å². The first-order chi connectivity index (χ1) is 3.41. The summed E-state index contributed by atoms with van der Waals surface area (Å²) in [6.45, 7) is 4.00. The maximum Gasteiger partial charge on any atom is 0.110 e. The van der Waals surface area contributed by atoms with Gasteiger partial charge in [0.1, 0.15) is 6.34 Å². The Labute approximate surface area is 42.9 Å². The number of hydrogen-bond donors (Lipinski definition) is 2. The molecule has 0 aliphatic carbocycles. The summed E-state index contributed by atoms with van der Waals surface area (Å²) < 4.78 is 0. The molecule has 4 heteroatoms. The summed E-state index contributed by atoms with van der Waals surface area (Å²) >= 11 is 0. The molecule has 0 amide bonds. The Morgan fingerprint density at radius 1 is 1.57 bits per heavy atom. The van der Waals surface area contributed by atoms with Gasteiger partial charge in [-0.05, 0) is 0 Å². The molecule has 7 heavy (non-hydrogen) atoms. The van der Waals surface area contributed by atoms with E-state index in [1.807, 2.05) is 13.8 Å². The molecule has 0 saturated carbocycles. The van der Waals surface area contributed by atoms with Crippen LogP contribution >= 0.6 is 0 Å². The summed E-state index contributed by atoms with van der Waals surface area (Å²) in [6, 6.07) is 0. The predicted molar refractivity (Wildman–Crippen MR) is 29.2 cm³/mol. The van der Waals surface area contributed by atoms with E-state index in [-0.39, 0.29) is 0 Å². The molecule has 0 aromatic rings. The smallest absolute Gasteiger partial charge is 0.110 e. The minimum absolute atomic E-state index is 0.951. The zero-order chi connectivity index (χ0) is 6.12. The van der Waals surface area contributed by atoms with Crippen LogP contribution < -0.4 is 5.73 Å². The van der Waals surface area contributed by atoms with Crippen molar-refractivity contribution in [1.82, 2.24) is 0 Å². The number of nitrogens with zero attached hydrogens (tertiary/aromatic N) is 2. The van der Waals surface area contributed by atoms with Gasteiger partial charge in [0.15, 0.2) is 0 Å². The molecule has 4 nitrogen and oxygen atoms in total. The van der Waals surface area contributed by atoms with Crippen LogP contribution in [0.15, 0.2) is 10.3 Å². The summed E-state index contributed by atoms with van der Waals surface area (Å²) in [5, 5.41) is 5.47. The van der Waals surface area contributed by atoms with Crippen LogP contribution in [0, 0.1) is 5.53 Å². The molecule has 0 rings (SSSR count). The van der Waals surface area contributed by atoms with Gasteiger partial charge in [0.25, 0.3) is 0 Å². The first kappa shape index (κ1) is 9.42. The van der Waals surface area contributed by atoms with Crippen molar-refractivity contribution in [3.05, 3.63) is 0 Å². The van der Waals surface area contributed by atoms with E-state index >= 15 is 0 Å². The average Bonchev–Trinajstić information content (AvgIpc) is 1.75. The van der Waals surface area contributed by atoms with Gasteiger partial charge in [0.2, 0.25) is 0 Å². The molecule has 0 atom stereocenters. The van der Waals surface area contributed by atoms with Crippen molar-refractivity contribution in [2.75, 3.05) is 0 Å². The third-order valence-corrected chi connectivity index (χ3v) is 0.124. The second kappa shape index (κ2) is 19.6. The molecule has 0 aliphatic rings. The lowest BCUT2D eigenvalue weighted by molar-refractivity contribution is 0.993. The van der Waals surface area contributed by atoms with Crippen LogP contribution in [0.25, 0.3) is 0 Å². The van der Waals surface area contributed by atoms with Gasteiger partial charge in [-0.25, -0.2) is 0 Å². The highest BCUT2D eigenvalue weighted by Gasteiger charge is 1.42. The highest BCUT2D eigenvalue weighted by atomic mass is 15.3. The molecule has 0 radical (unpaired) electrons. The second-order valence-corrected chi connectivity index (χ2v) is 0.365. The highest BCUT2D eigenvalue weighted by molar-refractivity contribution is 5.50. The van der Waals surface area contributed by atoms with Gasteiger partial charge in [-0.3, -0.25) is 0 Å². The quantitative estimate of drug-likeness (QED) is 0.220. The lowest BCUT2D eigenvalue weighted by atomic mass is 11.0. The Hall–Kier alpha value is -0.930. The summed E-state index contributed by atoms with van der Waals surface area (Å²) in [7, 11) is 0. The normalized spacial score (nSPS) is 7.14. The molecule has 0 bridgehead atoms. The monoisotopic (exact) mass is 102 g/mol. The van der Waals surface area contributed by atoms with Crippen molar-refractivity contribution in [3.63, 3.8) is 0 Å². The zero-order valence-corrected chi connectivity index (χ0v) is 4.55. The van der Waals surface area contributed by atoms with Crippen molar-refractivity contribution in [3.8, 4) is 0 Å². The molecule has 0 aromatic carbocycles. The third-order valence-electron chi connectivity index (χ3n) is 0.124. The molecule has 0 aromatic heterocycles. The van der Waals surface area contributed by atoms with Crippen LogP contribution in [-0.2, 0) is 0 Å². The van der Waals surface area contributed by atoms with E-state index in [9.17, 15) is 0 Å². The zero-order valence-electron chi connectivity index (χ0n) is 4.55. The van der Waals surface area contributed by atoms with Crippen molar-refractivity contribution in [2.24, 2.45) is 16.1 Å². The molecular weight excluding hydrogens is 92.1 g/mol. The van der Waals surface area contributed by atoms with Gasteiger partial charge >= 0.3 is 0 Å². The van der Waals surface area contributed by atoms with Gasteiger partial charge in [-0.2, -0.15) is 5.53 Å². The van der Waals surface area contributed by atoms with E-state index in [0.717, 1.165) is 6.34 Å². The van der Waals surface area contributed by atoms with Crippen molar-refractivity contribution < 1.29 is 0 Å². The minimum Gasteiger partial charge on any atom is -0.388 e. The third kappa shape index (κ3) is 41.7. The number of rotatable bonds is 1. The van der Waals surface area contributed by atoms with Gasteiger partial charge in [-0.15, -0.1) is 5.10 Å². The lowest BCUT2D eigenvalue weighted by Gasteiger charge is -1.57. The fourth-order valence-electron chi connectivity index (χ4n) is 0.0333. The van der Waals surface area contributed by atoms with Crippen LogP contribution in [0.3, 0.4) is 0 Å². The summed E-state index contributed by atoms with van der Waals surface area (Å²) in [6.07, 6.45) is 0.951. The minimum atomic E-state index is 0.951. The number of hydrogen-bond acceptors (Lipinski definition) is 2. The molecule has 0 heterocycles. The van der Waals surface area contributed by atoms with E-state index in [2.05, 4.69) is 16.1 Å². The standard InChI is InChI=1S/C2H6.CH4N4/c1-2;2-1-4-5-3/h1-2H3;1H,(H3,2,3,4). The van der Waals surface area contributed by atoms with Gasteiger partial charge in [0, 0.05) is 0 Å². The fourth-order valence-corrected chi connectivity index (χ4v) is 0.0333. The number of nitrogens with one attached hydrogen (secondary N) is 1. The molecule has 0 aliphatic heterocycles. The SMILES string of the molecule is CC.N=N/N=C\N. The van der Waals surface area contributed by atoms with E-state index in [4.69, 9.17) is 5.53 Å². The average molecular weight is 102 g/mol. The van der Waals surface area contributed by atoms with Crippen LogP contribution in [-0.4, -0.2) is 6.34 Å². The topological polar surface area (TPSA) is 74.6 Å². The van der Waals surface area contributed by atoms with Crippen molar-refractivity contribution in [2.45, 2.75) is 13.8 Å². The molecule has 42 valence electrons. The Bertz CT molecular complexity index is 48.9. The number of nitrogens with two attached hydrogens (primary N) is 1. The Balaban J connectivity index is 0. The molecular formula is C3H10N4. The summed E-state index contributed by atoms with van der Waals surface area (Å²) in [4.78, 5) is 0. The van der Waals surface area contributed by atoms with Crippen LogP contribution in [0.4, 0.5) is 0 Å². The molecule has 0 fully saturated rings. The van der Waals surface area contributed by atoms with Crippen LogP contribution in [0.1, 0.15) is 13.8 Å². The van der Waals surface area contributed by atoms with Crippen molar-refractivity contribution in [1.29, 1.82) is 5.53 Å². The maximum atomic E-state index is 5.95. The van der Waals surface area contributed by atoms with Gasteiger partial charge in [0.05, 0.1) is 0 Å². The molecule has 0 spiro atoms. The summed E-state index contributed by atoms with van der Waals surface area (Å²) in [5.74, 6) is 0. The predicted octanol–water partition coefficient (Wildman–Crippen LogP) is 0.946. The molecule has 3 N–H and O–H groups in total. The lowest BCUT2D eigenvalue weighted by Crippen LogP contribution is -1.84. The largest absolute Gasteiger partial charge is 0.388 e. The molecule has 0 saturated heterocycles. The van der Waals surface area contributed by atoms with Gasteiger partial charge < -0.3 is 5.73 Å². The first-order valence-corrected chi connectivity index (χ1v) is 2.02. The maximum absolute atomic E-state index is 5.95. The highest BCUT2D eigenvalue weighted by Crippen LogP contribution is 1.53. The summed E-state index contributed by atoms with van der Waals surface area (Å²) in [5.41, 5.74) is 10.6. The van der Waals surface area contributed by atoms with E-state index in [1.54, 1.807) is 0 Å². The van der Waals surface area contributed by atoms with E-state index < -0.39 is 0 Å². The molecule has 0 unspecified atom stereocenters. The first-order valence-electron chi connectivity index (χ1n) is 2.02. The van der Waals surface area contributed by atoms with Crippen LogP contribution in [0.5, 0.6) is 0 Å².